The van der Waals surface area contributed by atoms with E-state index in [-0.39, 0.29) is 35.5 Å². The van der Waals surface area contributed by atoms with Crippen molar-refractivity contribution in [3.63, 3.8) is 0 Å². The number of nitrogens with one attached hydrogen (secondary N) is 1. The molecular weight excluding hydrogens is 367 g/mol. The third-order valence-electron chi connectivity index (χ3n) is 4.41. The molecule has 1 aliphatic rings. The van der Waals surface area contributed by atoms with Crippen molar-refractivity contribution >= 4 is 23.6 Å². The maximum atomic E-state index is 13.3. The number of furan rings is 1. The van der Waals surface area contributed by atoms with Crippen LogP contribution >= 0.6 is 11.8 Å². The normalized spacial score (nSPS) is 18.1. The quantitative estimate of drug-likeness (QED) is 0.783. The maximum Gasteiger partial charge on any atom is 0.243 e. The molecule has 2 amide bonds. The molecule has 3 rings (SSSR count). The Labute approximate surface area is 162 Å². The van der Waals surface area contributed by atoms with Crippen LogP contribution < -0.4 is 5.32 Å². The highest BCUT2D eigenvalue weighted by molar-refractivity contribution is 8.00. The second-order valence-corrected chi connectivity index (χ2v) is 8.03. The lowest BCUT2D eigenvalue weighted by molar-refractivity contribution is -0.139. The van der Waals surface area contributed by atoms with Crippen LogP contribution in [0.2, 0.25) is 0 Å². The van der Waals surface area contributed by atoms with E-state index in [9.17, 15) is 14.0 Å². The van der Waals surface area contributed by atoms with Crippen LogP contribution in [0.4, 0.5) is 4.39 Å². The fraction of sp³-hybridized carbons (Fsp3) is 0.400. The average Bonchev–Trinajstić information content (AvgIpc) is 3.28. The van der Waals surface area contributed by atoms with Gasteiger partial charge in [0.1, 0.15) is 23.0 Å². The molecule has 2 heterocycles. The molecule has 1 fully saturated rings. The second-order valence-electron chi connectivity index (χ2n) is 6.96. The van der Waals surface area contributed by atoms with Gasteiger partial charge in [-0.2, -0.15) is 0 Å². The molecule has 1 N–H and O–H groups in total. The standard InChI is InChI=1S/C20H23FN2O3S/c1-13(2)10-17(19(25)22-11-16-4-3-9-26-16)23-18(24)12-27-20(23)14-5-7-15(21)8-6-14/h3-9,13,17,20H,10-12H2,1-2H3,(H,22,25)/t17-,20-/m1/s1. The molecule has 0 bridgehead atoms. The Morgan fingerprint density at radius 1 is 1.33 bits per heavy atom. The first-order valence-corrected chi connectivity index (χ1v) is 9.99. The Hall–Kier alpha value is -2.28. The molecule has 0 aliphatic carbocycles. The van der Waals surface area contributed by atoms with Gasteiger partial charge < -0.3 is 14.6 Å². The first-order chi connectivity index (χ1) is 13.0. The van der Waals surface area contributed by atoms with Crippen molar-refractivity contribution in [1.82, 2.24) is 10.2 Å². The van der Waals surface area contributed by atoms with E-state index >= 15 is 0 Å². The van der Waals surface area contributed by atoms with Gasteiger partial charge in [-0.05, 0) is 42.2 Å². The summed E-state index contributed by atoms with van der Waals surface area (Å²) in [5.74, 6) is 0.591. The third-order valence-corrected chi connectivity index (χ3v) is 5.64. The molecule has 1 saturated heterocycles. The molecule has 0 unspecified atom stereocenters. The van der Waals surface area contributed by atoms with E-state index in [0.29, 0.717) is 17.9 Å². The molecule has 27 heavy (non-hydrogen) atoms. The van der Waals surface area contributed by atoms with Crippen LogP contribution in [0.25, 0.3) is 0 Å². The summed E-state index contributed by atoms with van der Waals surface area (Å²) in [7, 11) is 0. The van der Waals surface area contributed by atoms with Gasteiger partial charge in [0.05, 0.1) is 18.6 Å². The fourth-order valence-electron chi connectivity index (χ4n) is 3.16. The summed E-state index contributed by atoms with van der Waals surface area (Å²) >= 11 is 1.46. The Morgan fingerprint density at radius 2 is 2.07 bits per heavy atom. The summed E-state index contributed by atoms with van der Waals surface area (Å²) in [4.78, 5) is 27.2. The Morgan fingerprint density at radius 3 is 2.70 bits per heavy atom. The maximum absolute atomic E-state index is 13.3. The molecule has 1 aromatic heterocycles. The number of hydrogen-bond donors (Lipinski definition) is 1. The summed E-state index contributed by atoms with van der Waals surface area (Å²) in [5.41, 5.74) is 0.819. The van der Waals surface area contributed by atoms with E-state index in [0.717, 1.165) is 5.56 Å². The van der Waals surface area contributed by atoms with E-state index in [2.05, 4.69) is 5.32 Å². The highest BCUT2D eigenvalue weighted by atomic mass is 32.2. The number of rotatable bonds is 7. The lowest BCUT2D eigenvalue weighted by atomic mass is 10.0. The smallest absolute Gasteiger partial charge is 0.243 e. The predicted molar refractivity (Wildman–Crippen MR) is 102 cm³/mol. The lowest BCUT2D eigenvalue weighted by Crippen LogP contribution is -2.49. The molecule has 1 aromatic carbocycles. The zero-order chi connectivity index (χ0) is 19.4. The number of carbonyl (C=O) groups excluding carboxylic acids is 2. The van der Waals surface area contributed by atoms with Crippen molar-refractivity contribution in [2.75, 3.05) is 5.75 Å². The molecule has 0 spiro atoms. The first kappa shape index (κ1) is 19.5. The van der Waals surface area contributed by atoms with Gasteiger partial charge in [-0.3, -0.25) is 9.59 Å². The van der Waals surface area contributed by atoms with Crippen LogP contribution in [0.5, 0.6) is 0 Å². The van der Waals surface area contributed by atoms with Gasteiger partial charge >= 0.3 is 0 Å². The molecule has 7 heteroatoms. The summed E-state index contributed by atoms with van der Waals surface area (Å²) in [6, 6.07) is 9.07. The van der Waals surface area contributed by atoms with Crippen molar-refractivity contribution < 1.29 is 18.4 Å². The number of halogens is 1. The number of nitrogens with zero attached hydrogens (tertiary/aromatic N) is 1. The van der Waals surface area contributed by atoms with Gasteiger partial charge in [-0.25, -0.2) is 4.39 Å². The van der Waals surface area contributed by atoms with E-state index in [1.54, 1.807) is 35.4 Å². The zero-order valence-corrected chi connectivity index (χ0v) is 16.2. The number of thioether (sulfide) groups is 1. The Bertz CT molecular complexity index is 777. The average molecular weight is 390 g/mol. The minimum atomic E-state index is -0.586. The molecule has 5 nitrogen and oxygen atoms in total. The lowest BCUT2D eigenvalue weighted by Gasteiger charge is -2.33. The first-order valence-electron chi connectivity index (χ1n) is 8.94. The second kappa shape index (κ2) is 8.61. The monoisotopic (exact) mass is 390 g/mol. The SMILES string of the molecule is CC(C)C[C@H](C(=O)NCc1ccco1)N1C(=O)CS[C@@H]1c1ccc(F)cc1. The number of carbonyl (C=O) groups is 2. The topological polar surface area (TPSA) is 62.6 Å². The molecule has 144 valence electrons. The van der Waals surface area contributed by atoms with Crippen LogP contribution in [-0.4, -0.2) is 28.5 Å². The van der Waals surface area contributed by atoms with Crippen LogP contribution in [0, 0.1) is 11.7 Å². The van der Waals surface area contributed by atoms with Gasteiger partial charge in [0, 0.05) is 0 Å². The van der Waals surface area contributed by atoms with Gasteiger partial charge in [-0.15, -0.1) is 11.8 Å². The van der Waals surface area contributed by atoms with Gasteiger partial charge in [0.2, 0.25) is 11.8 Å². The van der Waals surface area contributed by atoms with Gasteiger partial charge in [-0.1, -0.05) is 26.0 Å². The molecular formula is C20H23FN2O3S. The van der Waals surface area contributed by atoms with Crippen LogP contribution in [-0.2, 0) is 16.1 Å². The van der Waals surface area contributed by atoms with E-state index in [1.807, 2.05) is 13.8 Å². The van der Waals surface area contributed by atoms with Crippen LogP contribution in [0.1, 0.15) is 37.0 Å². The number of hydrogen-bond acceptors (Lipinski definition) is 4. The minimum absolute atomic E-state index is 0.0758. The van der Waals surface area contributed by atoms with E-state index < -0.39 is 6.04 Å². The predicted octanol–water partition coefficient (Wildman–Crippen LogP) is 3.72. The van der Waals surface area contributed by atoms with Crippen molar-refractivity contribution in [3.05, 3.63) is 59.8 Å². The Kier molecular flexibility index (Phi) is 6.21. The summed E-state index contributed by atoms with van der Waals surface area (Å²) in [6.45, 7) is 4.32. The summed E-state index contributed by atoms with van der Waals surface area (Å²) < 4.78 is 18.5. The molecule has 1 aliphatic heterocycles. The fourth-order valence-corrected chi connectivity index (χ4v) is 4.38. The third kappa shape index (κ3) is 4.71. The largest absolute Gasteiger partial charge is 0.467 e. The Balaban J connectivity index is 1.81. The number of amides is 2. The minimum Gasteiger partial charge on any atom is -0.467 e. The highest BCUT2D eigenvalue weighted by Gasteiger charge is 2.41. The van der Waals surface area contributed by atoms with Crippen LogP contribution in [0.15, 0.2) is 47.1 Å². The van der Waals surface area contributed by atoms with Crippen molar-refractivity contribution in [1.29, 1.82) is 0 Å². The summed E-state index contributed by atoms with van der Waals surface area (Å²) in [5, 5.41) is 2.58. The molecule has 0 saturated carbocycles. The summed E-state index contributed by atoms with van der Waals surface area (Å²) in [6.07, 6.45) is 2.10. The van der Waals surface area contributed by atoms with Crippen molar-refractivity contribution in [3.8, 4) is 0 Å². The van der Waals surface area contributed by atoms with E-state index in [1.165, 1.54) is 23.9 Å². The van der Waals surface area contributed by atoms with Crippen molar-refractivity contribution in [2.45, 2.75) is 38.2 Å². The molecule has 2 aromatic rings. The number of benzene rings is 1. The zero-order valence-electron chi connectivity index (χ0n) is 15.4. The molecule has 0 radical (unpaired) electrons. The van der Waals surface area contributed by atoms with Crippen molar-refractivity contribution in [2.24, 2.45) is 5.92 Å². The van der Waals surface area contributed by atoms with Crippen LogP contribution in [0.3, 0.4) is 0 Å². The molecule has 2 atom stereocenters. The van der Waals surface area contributed by atoms with E-state index in [4.69, 9.17) is 4.42 Å². The van der Waals surface area contributed by atoms with Gasteiger partial charge in [0.15, 0.2) is 0 Å². The highest BCUT2D eigenvalue weighted by Crippen LogP contribution is 2.41. The van der Waals surface area contributed by atoms with Gasteiger partial charge in [0.25, 0.3) is 0 Å².